The van der Waals surface area contributed by atoms with E-state index < -0.39 is 5.60 Å². The molecule has 0 aliphatic heterocycles. The van der Waals surface area contributed by atoms with Crippen LogP contribution in [-0.4, -0.2) is 40.4 Å². The van der Waals surface area contributed by atoms with Crippen molar-refractivity contribution >= 4 is 17.7 Å². The molecular weight excluding hydrogens is 258 g/mol. The van der Waals surface area contributed by atoms with Gasteiger partial charge in [0.15, 0.2) is 0 Å². The molecule has 0 saturated heterocycles. The van der Waals surface area contributed by atoms with Crippen LogP contribution < -0.4 is 0 Å². The Balaban J connectivity index is 2.88. The molecule has 1 aromatic carbocycles. The number of carbonyl (C=O) groups excluding carboxylic acids is 1. The van der Waals surface area contributed by atoms with Gasteiger partial charge in [-0.15, -0.1) is 11.8 Å². The van der Waals surface area contributed by atoms with Crippen LogP contribution in [0.3, 0.4) is 0 Å². The highest BCUT2D eigenvalue weighted by molar-refractivity contribution is 7.99. The van der Waals surface area contributed by atoms with Gasteiger partial charge in [0.1, 0.15) is 0 Å². The molecule has 0 atom stereocenters. The van der Waals surface area contributed by atoms with Crippen molar-refractivity contribution in [1.29, 1.82) is 0 Å². The number of thioether (sulfide) groups is 1. The molecular formula is C15H23NO2S. The van der Waals surface area contributed by atoms with Crippen LogP contribution in [0.15, 0.2) is 29.2 Å². The number of nitrogens with zero attached hydrogens (tertiary/aromatic N) is 1. The molecule has 0 spiro atoms. The monoisotopic (exact) mass is 281 g/mol. The maximum atomic E-state index is 12.4. The van der Waals surface area contributed by atoms with Crippen LogP contribution in [0.25, 0.3) is 0 Å². The van der Waals surface area contributed by atoms with E-state index in [9.17, 15) is 9.90 Å². The molecule has 4 heteroatoms. The summed E-state index contributed by atoms with van der Waals surface area (Å²) in [7, 11) is 0. The predicted molar refractivity (Wildman–Crippen MR) is 80.7 cm³/mol. The van der Waals surface area contributed by atoms with Gasteiger partial charge in [-0.2, -0.15) is 0 Å². The zero-order valence-electron chi connectivity index (χ0n) is 12.1. The normalized spacial score (nSPS) is 11.4. The largest absolute Gasteiger partial charge is 0.389 e. The second-order valence-electron chi connectivity index (χ2n) is 5.09. The molecule has 1 aromatic rings. The number of benzene rings is 1. The summed E-state index contributed by atoms with van der Waals surface area (Å²) in [5.41, 5.74) is -0.189. The maximum Gasteiger partial charge on any atom is 0.253 e. The Hall–Kier alpha value is -1.00. The fourth-order valence-electron chi connectivity index (χ4n) is 1.86. The van der Waals surface area contributed by atoms with Crippen molar-refractivity contribution < 1.29 is 9.90 Å². The first-order valence-corrected chi connectivity index (χ1v) is 7.60. The van der Waals surface area contributed by atoms with E-state index in [1.165, 1.54) is 0 Å². The van der Waals surface area contributed by atoms with E-state index in [-0.39, 0.29) is 5.91 Å². The SMILES string of the molecule is CCSc1cccc(C(=O)N(CC)CC(C)(C)O)c1. The van der Waals surface area contributed by atoms with Gasteiger partial charge in [-0.25, -0.2) is 0 Å². The molecule has 0 aliphatic carbocycles. The van der Waals surface area contributed by atoms with E-state index in [0.717, 1.165) is 10.6 Å². The van der Waals surface area contributed by atoms with Gasteiger partial charge in [-0.3, -0.25) is 4.79 Å². The number of hydrogen-bond acceptors (Lipinski definition) is 3. The van der Waals surface area contributed by atoms with Gasteiger partial charge in [-0.05, 0) is 44.7 Å². The second kappa shape index (κ2) is 6.96. The molecule has 0 aromatic heterocycles. The van der Waals surface area contributed by atoms with E-state index in [1.54, 1.807) is 30.5 Å². The number of aliphatic hydroxyl groups is 1. The summed E-state index contributed by atoms with van der Waals surface area (Å²) in [4.78, 5) is 15.2. The fraction of sp³-hybridized carbons (Fsp3) is 0.533. The van der Waals surface area contributed by atoms with Crippen LogP contribution in [0, 0.1) is 0 Å². The Morgan fingerprint density at radius 2 is 2.05 bits per heavy atom. The first-order chi connectivity index (χ1) is 8.87. The minimum atomic E-state index is -0.874. The third-order valence-corrected chi connectivity index (χ3v) is 3.51. The highest BCUT2D eigenvalue weighted by Crippen LogP contribution is 2.20. The molecule has 106 valence electrons. The van der Waals surface area contributed by atoms with Gasteiger partial charge in [0.2, 0.25) is 0 Å². The zero-order valence-corrected chi connectivity index (χ0v) is 13.0. The molecule has 0 saturated carbocycles. The van der Waals surface area contributed by atoms with Crippen LogP contribution in [0.2, 0.25) is 0 Å². The van der Waals surface area contributed by atoms with Gasteiger partial charge < -0.3 is 10.0 Å². The van der Waals surface area contributed by atoms with Crippen molar-refractivity contribution in [3.8, 4) is 0 Å². The van der Waals surface area contributed by atoms with Crippen molar-refractivity contribution in [2.75, 3.05) is 18.8 Å². The van der Waals surface area contributed by atoms with Gasteiger partial charge >= 0.3 is 0 Å². The van der Waals surface area contributed by atoms with Gasteiger partial charge in [0.25, 0.3) is 5.91 Å². The first-order valence-electron chi connectivity index (χ1n) is 6.62. The minimum Gasteiger partial charge on any atom is -0.389 e. The average Bonchev–Trinajstić information content (AvgIpc) is 2.35. The standard InChI is InChI=1S/C15H23NO2S/c1-5-16(11-15(3,4)18)14(17)12-8-7-9-13(10-12)19-6-2/h7-10,18H,5-6,11H2,1-4H3. The van der Waals surface area contributed by atoms with Crippen LogP contribution in [0.5, 0.6) is 0 Å². The van der Waals surface area contributed by atoms with E-state index in [2.05, 4.69) is 6.92 Å². The summed E-state index contributed by atoms with van der Waals surface area (Å²) in [6, 6.07) is 7.67. The quantitative estimate of drug-likeness (QED) is 0.815. The third-order valence-electron chi connectivity index (χ3n) is 2.64. The Kier molecular flexibility index (Phi) is 5.88. The Morgan fingerprint density at radius 3 is 2.58 bits per heavy atom. The van der Waals surface area contributed by atoms with E-state index >= 15 is 0 Å². The zero-order chi connectivity index (χ0) is 14.5. The fourth-order valence-corrected chi connectivity index (χ4v) is 2.58. The number of likely N-dealkylation sites (N-methyl/N-ethyl adjacent to an activating group) is 1. The maximum absolute atomic E-state index is 12.4. The average molecular weight is 281 g/mol. The Labute approximate surface area is 120 Å². The topological polar surface area (TPSA) is 40.5 Å². The number of hydrogen-bond donors (Lipinski definition) is 1. The number of amides is 1. The Bertz CT molecular complexity index is 426. The second-order valence-corrected chi connectivity index (χ2v) is 6.43. The smallest absolute Gasteiger partial charge is 0.253 e. The summed E-state index contributed by atoms with van der Waals surface area (Å²) in [6.45, 7) is 8.38. The summed E-state index contributed by atoms with van der Waals surface area (Å²) in [5, 5.41) is 9.86. The van der Waals surface area contributed by atoms with E-state index in [0.29, 0.717) is 18.7 Å². The van der Waals surface area contributed by atoms with Crippen LogP contribution in [0.1, 0.15) is 38.1 Å². The molecule has 1 rings (SSSR count). The molecule has 1 N–H and O–H groups in total. The minimum absolute atomic E-state index is 0.0248. The predicted octanol–water partition coefficient (Wildman–Crippen LogP) is 3.03. The van der Waals surface area contributed by atoms with E-state index in [4.69, 9.17) is 0 Å². The third kappa shape index (κ3) is 5.25. The number of rotatable bonds is 6. The van der Waals surface area contributed by atoms with Crippen molar-refractivity contribution in [3.05, 3.63) is 29.8 Å². The summed E-state index contributed by atoms with van der Waals surface area (Å²) in [6.07, 6.45) is 0. The first kappa shape index (κ1) is 16.1. The molecule has 0 radical (unpaired) electrons. The highest BCUT2D eigenvalue weighted by Gasteiger charge is 2.22. The van der Waals surface area contributed by atoms with Gasteiger partial charge in [0.05, 0.1) is 5.60 Å². The summed E-state index contributed by atoms with van der Waals surface area (Å²) >= 11 is 1.72. The van der Waals surface area contributed by atoms with Crippen LogP contribution >= 0.6 is 11.8 Å². The van der Waals surface area contributed by atoms with Crippen LogP contribution in [-0.2, 0) is 0 Å². The molecule has 19 heavy (non-hydrogen) atoms. The molecule has 0 aliphatic rings. The van der Waals surface area contributed by atoms with Crippen molar-refractivity contribution in [3.63, 3.8) is 0 Å². The van der Waals surface area contributed by atoms with Gasteiger partial charge in [-0.1, -0.05) is 13.0 Å². The molecule has 0 heterocycles. The molecule has 0 bridgehead atoms. The van der Waals surface area contributed by atoms with E-state index in [1.807, 2.05) is 31.2 Å². The van der Waals surface area contributed by atoms with Crippen LogP contribution in [0.4, 0.5) is 0 Å². The number of carbonyl (C=O) groups is 1. The highest BCUT2D eigenvalue weighted by atomic mass is 32.2. The lowest BCUT2D eigenvalue weighted by Crippen LogP contribution is -2.42. The molecule has 3 nitrogen and oxygen atoms in total. The molecule has 1 amide bonds. The molecule has 0 unspecified atom stereocenters. The lowest BCUT2D eigenvalue weighted by atomic mass is 10.1. The van der Waals surface area contributed by atoms with Crippen molar-refractivity contribution in [2.45, 2.75) is 38.2 Å². The van der Waals surface area contributed by atoms with Crippen molar-refractivity contribution in [2.24, 2.45) is 0 Å². The summed E-state index contributed by atoms with van der Waals surface area (Å²) < 4.78 is 0. The van der Waals surface area contributed by atoms with Crippen molar-refractivity contribution in [1.82, 2.24) is 4.90 Å². The lowest BCUT2D eigenvalue weighted by molar-refractivity contribution is 0.0314. The lowest BCUT2D eigenvalue weighted by Gasteiger charge is -2.28. The summed E-state index contributed by atoms with van der Waals surface area (Å²) in [5.74, 6) is 0.960. The molecule has 0 fully saturated rings. The van der Waals surface area contributed by atoms with Gasteiger partial charge in [0, 0.05) is 23.5 Å². The Morgan fingerprint density at radius 1 is 1.37 bits per heavy atom.